The predicted octanol–water partition coefficient (Wildman–Crippen LogP) is 4.62. The number of hydrogen-bond donors (Lipinski definition) is 1. The highest BCUT2D eigenvalue weighted by molar-refractivity contribution is 5.80. The maximum atomic E-state index is 14.0. The molecule has 0 aliphatic rings. The number of hydrogen-bond acceptors (Lipinski definition) is 4. The number of alkyl halides is 1. The van der Waals surface area contributed by atoms with Gasteiger partial charge in [-0.3, -0.25) is 9.13 Å². The third-order valence-corrected chi connectivity index (χ3v) is 5.74. The van der Waals surface area contributed by atoms with Crippen LogP contribution < -0.4 is 5.69 Å². The van der Waals surface area contributed by atoms with E-state index in [2.05, 4.69) is 20.6 Å². The van der Waals surface area contributed by atoms with Gasteiger partial charge in [-0.05, 0) is 39.5 Å². The van der Waals surface area contributed by atoms with E-state index in [0.717, 1.165) is 34.4 Å². The minimum atomic E-state index is -0.628. The molecule has 4 rings (SSSR count). The van der Waals surface area contributed by atoms with E-state index in [1.807, 2.05) is 69.3 Å². The normalized spacial score (nSPS) is 11.4. The summed E-state index contributed by atoms with van der Waals surface area (Å²) in [6, 6.07) is 16.0. The van der Waals surface area contributed by atoms with E-state index in [9.17, 15) is 9.18 Å². The molecular formula is C25H29FN6O. The first-order chi connectivity index (χ1) is 16.0. The molecule has 0 unspecified atom stereocenters. The molecule has 0 radical (unpaired) electrons. The monoisotopic (exact) mass is 448 g/mol. The predicted molar refractivity (Wildman–Crippen MR) is 126 cm³/mol. The summed E-state index contributed by atoms with van der Waals surface area (Å²) in [6.07, 6.45) is 1.53. The van der Waals surface area contributed by atoms with Crippen molar-refractivity contribution in [3.05, 3.63) is 76.0 Å². The molecule has 172 valence electrons. The first-order valence-electron chi connectivity index (χ1n) is 11.3. The van der Waals surface area contributed by atoms with Gasteiger partial charge in [-0.1, -0.05) is 75.7 Å². The van der Waals surface area contributed by atoms with Gasteiger partial charge in [0, 0.05) is 17.8 Å². The van der Waals surface area contributed by atoms with Gasteiger partial charge in [-0.15, -0.1) is 5.10 Å². The number of halogens is 1. The molecule has 4 aromatic rings. The maximum Gasteiger partial charge on any atom is 0.328 e. The van der Waals surface area contributed by atoms with Gasteiger partial charge in [0.15, 0.2) is 5.82 Å². The molecule has 1 N–H and O–H groups in total. The van der Waals surface area contributed by atoms with Crippen LogP contribution in [0, 0.1) is 5.92 Å². The summed E-state index contributed by atoms with van der Waals surface area (Å²) in [6.45, 7) is 6.44. The molecule has 0 amide bonds. The summed E-state index contributed by atoms with van der Waals surface area (Å²) in [5, 5.41) is 14.2. The van der Waals surface area contributed by atoms with Crippen LogP contribution >= 0.6 is 0 Å². The Hall–Kier alpha value is -3.55. The lowest BCUT2D eigenvalue weighted by Crippen LogP contribution is -2.27. The van der Waals surface area contributed by atoms with Crippen LogP contribution in [0.25, 0.3) is 22.5 Å². The number of nitrogens with one attached hydrogen (secondary N) is 1. The standard InChI is InChI=1S/C25H29FN6O/c1-4-7-22-23(14-26)31(15-17(2)3)25(33)32(22)16-18-10-12-19(13-11-18)20-8-5-6-9-21(20)24-27-29-30-28-24/h5-6,8-13,17H,4,7,14-16H2,1-3H3,(H,27,28,29,30). The van der Waals surface area contributed by atoms with Gasteiger partial charge in [-0.25, -0.2) is 14.3 Å². The summed E-state index contributed by atoms with van der Waals surface area (Å²) in [4.78, 5) is 13.2. The van der Waals surface area contributed by atoms with Gasteiger partial charge < -0.3 is 0 Å². The summed E-state index contributed by atoms with van der Waals surface area (Å²) in [7, 11) is 0. The van der Waals surface area contributed by atoms with Crippen molar-refractivity contribution in [2.24, 2.45) is 5.92 Å². The summed E-state index contributed by atoms with van der Waals surface area (Å²) < 4.78 is 17.3. The van der Waals surface area contributed by atoms with E-state index < -0.39 is 6.67 Å². The molecule has 0 saturated heterocycles. The zero-order valence-corrected chi connectivity index (χ0v) is 19.3. The van der Waals surface area contributed by atoms with E-state index in [1.54, 1.807) is 9.13 Å². The molecule has 0 fully saturated rings. The van der Waals surface area contributed by atoms with Crippen molar-refractivity contribution in [2.75, 3.05) is 0 Å². The van der Waals surface area contributed by atoms with Gasteiger partial charge in [0.1, 0.15) is 6.67 Å². The Morgan fingerprint density at radius 3 is 2.33 bits per heavy atom. The zero-order chi connectivity index (χ0) is 23.4. The Balaban J connectivity index is 1.67. The molecule has 0 aliphatic heterocycles. The quantitative estimate of drug-likeness (QED) is 0.405. The topological polar surface area (TPSA) is 81.4 Å². The van der Waals surface area contributed by atoms with Crippen molar-refractivity contribution >= 4 is 0 Å². The number of nitrogens with zero attached hydrogens (tertiary/aromatic N) is 5. The summed E-state index contributed by atoms with van der Waals surface area (Å²) in [5.41, 5.74) is 5.12. The Morgan fingerprint density at radius 1 is 1.00 bits per heavy atom. The van der Waals surface area contributed by atoms with Crippen LogP contribution in [-0.4, -0.2) is 29.8 Å². The molecule has 33 heavy (non-hydrogen) atoms. The SMILES string of the molecule is CCCc1c(CF)n(CC(C)C)c(=O)n1Cc1ccc(-c2ccccc2-c2nnn[nH]2)cc1. The first-order valence-corrected chi connectivity index (χ1v) is 11.3. The minimum Gasteiger partial charge on any atom is -0.293 e. The molecule has 0 saturated carbocycles. The van der Waals surface area contributed by atoms with Crippen molar-refractivity contribution < 1.29 is 4.39 Å². The third-order valence-electron chi connectivity index (χ3n) is 5.74. The number of benzene rings is 2. The van der Waals surface area contributed by atoms with Crippen LogP contribution in [0.15, 0.2) is 53.3 Å². The van der Waals surface area contributed by atoms with Crippen LogP contribution in [-0.2, 0) is 26.2 Å². The highest BCUT2D eigenvalue weighted by atomic mass is 19.1. The van der Waals surface area contributed by atoms with Gasteiger partial charge in [0.2, 0.25) is 0 Å². The van der Waals surface area contributed by atoms with Crippen molar-refractivity contribution in [3.63, 3.8) is 0 Å². The molecule has 0 aliphatic carbocycles. The summed E-state index contributed by atoms with van der Waals surface area (Å²) >= 11 is 0. The Bertz CT molecular complexity index is 1260. The molecule has 2 aromatic carbocycles. The Kier molecular flexibility index (Phi) is 6.82. The van der Waals surface area contributed by atoms with E-state index in [0.29, 0.717) is 31.0 Å². The van der Waals surface area contributed by atoms with Crippen molar-refractivity contribution in [1.82, 2.24) is 29.8 Å². The molecule has 8 heteroatoms. The van der Waals surface area contributed by atoms with Gasteiger partial charge in [0.05, 0.1) is 12.2 Å². The number of H-pyrrole nitrogens is 1. The number of tetrazole rings is 1. The fraction of sp³-hybridized carbons (Fsp3) is 0.360. The number of rotatable bonds is 9. The average Bonchev–Trinajstić information content (AvgIpc) is 3.43. The van der Waals surface area contributed by atoms with Crippen LogP contribution in [0.5, 0.6) is 0 Å². The number of aromatic amines is 1. The molecular weight excluding hydrogens is 419 g/mol. The van der Waals surface area contributed by atoms with E-state index >= 15 is 0 Å². The second kappa shape index (κ2) is 9.94. The van der Waals surface area contributed by atoms with Crippen molar-refractivity contribution in [2.45, 2.75) is 53.4 Å². The Morgan fingerprint density at radius 2 is 1.73 bits per heavy atom. The molecule has 0 atom stereocenters. The molecule has 2 aromatic heterocycles. The van der Waals surface area contributed by atoms with Crippen LogP contribution in [0.3, 0.4) is 0 Å². The lowest BCUT2D eigenvalue weighted by atomic mass is 9.98. The fourth-order valence-corrected chi connectivity index (χ4v) is 4.26. The van der Waals surface area contributed by atoms with Gasteiger partial charge >= 0.3 is 5.69 Å². The minimum absolute atomic E-state index is 0.132. The summed E-state index contributed by atoms with van der Waals surface area (Å²) in [5.74, 6) is 0.868. The van der Waals surface area contributed by atoms with Crippen LogP contribution in [0.1, 0.15) is 44.1 Å². The van der Waals surface area contributed by atoms with E-state index in [1.165, 1.54) is 0 Å². The number of imidazole rings is 1. The number of aromatic nitrogens is 6. The zero-order valence-electron chi connectivity index (χ0n) is 19.3. The van der Waals surface area contributed by atoms with Crippen LogP contribution in [0.4, 0.5) is 4.39 Å². The highest BCUT2D eigenvalue weighted by Crippen LogP contribution is 2.30. The van der Waals surface area contributed by atoms with E-state index in [4.69, 9.17) is 0 Å². The van der Waals surface area contributed by atoms with Crippen LogP contribution in [0.2, 0.25) is 0 Å². The fourth-order valence-electron chi connectivity index (χ4n) is 4.26. The van der Waals surface area contributed by atoms with E-state index in [-0.39, 0.29) is 11.6 Å². The molecule has 2 heterocycles. The largest absolute Gasteiger partial charge is 0.328 e. The first kappa shape index (κ1) is 22.6. The second-order valence-electron chi connectivity index (χ2n) is 8.64. The van der Waals surface area contributed by atoms with Gasteiger partial charge in [0.25, 0.3) is 0 Å². The molecule has 0 spiro atoms. The average molecular weight is 449 g/mol. The smallest absolute Gasteiger partial charge is 0.293 e. The second-order valence-corrected chi connectivity index (χ2v) is 8.64. The maximum absolute atomic E-state index is 14.0. The van der Waals surface area contributed by atoms with Gasteiger partial charge in [-0.2, -0.15) is 0 Å². The lowest BCUT2D eigenvalue weighted by Gasteiger charge is -2.10. The van der Waals surface area contributed by atoms with Crippen molar-refractivity contribution in [1.29, 1.82) is 0 Å². The Labute approximate surface area is 192 Å². The van der Waals surface area contributed by atoms with Crippen molar-refractivity contribution in [3.8, 4) is 22.5 Å². The highest BCUT2D eigenvalue weighted by Gasteiger charge is 2.20. The molecule has 7 nitrogen and oxygen atoms in total. The lowest BCUT2D eigenvalue weighted by molar-refractivity contribution is 0.428. The molecule has 0 bridgehead atoms. The third kappa shape index (κ3) is 4.65.